The van der Waals surface area contributed by atoms with Gasteiger partial charge in [-0.05, 0) is 6.92 Å². The van der Waals surface area contributed by atoms with Crippen molar-refractivity contribution in [1.29, 1.82) is 0 Å². The van der Waals surface area contributed by atoms with Gasteiger partial charge in [0, 0.05) is 11.5 Å². The molecule has 10 heavy (non-hydrogen) atoms. The number of hydrogen-bond acceptors (Lipinski definition) is 0. The van der Waals surface area contributed by atoms with Crippen LogP contribution in [0.3, 0.4) is 0 Å². The van der Waals surface area contributed by atoms with Crippen molar-refractivity contribution in [3.63, 3.8) is 0 Å². The molecule has 0 aliphatic rings. The van der Waals surface area contributed by atoms with E-state index in [0.29, 0.717) is 0 Å². The SMILES string of the molecule is CC(=C(F)F)C(C)C(F)F. The molecule has 0 amide bonds. The standard InChI is InChI=1S/C6H8F4/c1-3(5(7)8)4(2)6(9)10/h3,5H,1-2H3. The van der Waals surface area contributed by atoms with Crippen molar-refractivity contribution in [2.45, 2.75) is 20.3 Å². The Bertz CT molecular complexity index is 135. The molecular formula is C6H8F4. The molecule has 0 aromatic carbocycles. The summed E-state index contributed by atoms with van der Waals surface area (Å²) in [5, 5.41) is 0. The maximum Gasteiger partial charge on any atom is 0.269 e. The zero-order valence-corrected chi connectivity index (χ0v) is 5.67. The highest BCUT2D eigenvalue weighted by molar-refractivity contribution is 5.03. The topological polar surface area (TPSA) is 0 Å². The van der Waals surface area contributed by atoms with E-state index in [2.05, 4.69) is 0 Å². The van der Waals surface area contributed by atoms with Crippen LogP contribution in [0, 0.1) is 5.92 Å². The van der Waals surface area contributed by atoms with Crippen LogP contribution in [-0.4, -0.2) is 6.43 Å². The Morgan fingerprint density at radius 2 is 1.60 bits per heavy atom. The van der Waals surface area contributed by atoms with Gasteiger partial charge in [0.2, 0.25) is 6.43 Å². The molecule has 0 radical (unpaired) electrons. The molecule has 60 valence electrons. The molecule has 0 aliphatic heterocycles. The van der Waals surface area contributed by atoms with Gasteiger partial charge in [0.25, 0.3) is 6.08 Å². The predicted molar refractivity (Wildman–Crippen MR) is 30.1 cm³/mol. The number of alkyl halides is 2. The van der Waals surface area contributed by atoms with E-state index < -0.39 is 24.0 Å². The minimum absolute atomic E-state index is 0.532. The molecule has 0 heterocycles. The van der Waals surface area contributed by atoms with Crippen LogP contribution in [-0.2, 0) is 0 Å². The van der Waals surface area contributed by atoms with Gasteiger partial charge in [-0.15, -0.1) is 0 Å². The van der Waals surface area contributed by atoms with Gasteiger partial charge in [0.15, 0.2) is 0 Å². The van der Waals surface area contributed by atoms with Crippen molar-refractivity contribution in [1.82, 2.24) is 0 Å². The molecule has 0 N–H and O–H groups in total. The van der Waals surface area contributed by atoms with Crippen LogP contribution < -0.4 is 0 Å². The quantitative estimate of drug-likeness (QED) is 0.539. The summed E-state index contributed by atoms with van der Waals surface area (Å²) in [5.41, 5.74) is -0.532. The molecule has 0 spiro atoms. The van der Waals surface area contributed by atoms with Crippen molar-refractivity contribution >= 4 is 0 Å². The normalized spacial score (nSPS) is 13.5. The Morgan fingerprint density at radius 1 is 1.20 bits per heavy atom. The summed E-state index contributed by atoms with van der Waals surface area (Å²) in [6.45, 7) is 2.07. The second-order valence-corrected chi connectivity index (χ2v) is 2.07. The highest BCUT2D eigenvalue weighted by atomic mass is 19.3. The third-order valence-electron chi connectivity index (χ3n) is 1.36. The number of hydrogen-bond donors (Lipinski definition) is 0. The van der Waals surface area contributed by atoms with Crippen molar-refractivity contribution in [2.75, 3.05) is 0 Å². The molecule has 0 bridgehead atoms. The first-order valence-corrected chi connectivity index (χ1v) is 2.76. The van der Waals surface area contributed by atoms with Gasteiger partial charge in [0.05, 0.1) is 0 Å². The van der Waals surface area contributed by atoms with E-state index in [0.717, 1.165) is 13.8 Å². The molecular weight excluding hydrogens is 148 g/mol. The summed E-state index contributed by atoms with van der Waals surface area (Å²) in [5.74, 6) is -1.34. The van der Waals surface area contributed by atoms with Crippen molar-refractivity contribution in [2.24, 2.45) is 5.92 Å². The van der Waals surface area contributed by atoms with E-state index in [4.69, 9.17) is 0 Å². The van der Waals surface area contributed by atoms with Gasteiger partial charge < -0.3 is 0 Å². The van der Waals surface area contributed by atoms with Crippen molar-refractivity contribution < 1.29 is 17.6 Å². The summed E-state index contributed by atoms with van der Waals surface area (Å²) in [4.78, 5) is 0. The average Bonchev–Trinajstić information content (AvgIpc) is 1.84. The molecule has 0 nitrogen and oxygen atoms in total. The Kier molecular flexibility index (Phi) is 3.39. The molecule has 0 saturated heterocycles. The lowest BCUT2D eigenvalue weighted by molar-refractivity contribution is 0.100. The third kappa shape index (κ3) is 2.37. The molecule has 0 aliphatic carbocycles. The Labute approximate surface area is 56.5 Å². The van der Waals surface area contributed by atoms with Crippen molar-refractivity contribution in [3.05, 3.63) is 11.7 Å². The molecule has 1 unspecified atom stereocenters. The fourth-order valence-electron chi connectivity index (χ4n) is 0.361. The first kappa shape index (κ1) is 9.46. The fraction of sp³-hybridized carbons (Fsp3) is 0.667. The maximum atomic E-state index is 11.7. The first-order chi connectivity index (χ1) is 4.46. The number of halogens is 4. The minimum Gasteiger partial charge on any atom is -0.210 e. The lowest BCUT2D eigenvalue weighted by Crippen LogP contribution is -2.08. The van der Waals surface area contributed by atoms with E-state index in [9.17, 15) is 17.6 Å². The van der Waals surface area contributed by atoms with Crippen molar-refractivity contribution in [3.8, 4) is 0 Å². The fourth-order valence-corrected chi connectivity index (χ4v) is 0.361. The summed E-state index contributed by atoms with van der Waals surface area (Å²) in [6, 6.07) is 0. The highest BCUT2D eigenvalue weighted by Gasteiger charge is 2.19. The number of allylic oxidation sites excluding steroid dienone is 1. The molecule has 0 aromatic rings. The van der Waals surface area contributed by atoms with Crippen LogP contribution in [0.2, 0.25) is 0 Å². The molecule has 0 rings (SSSR count). The monoisotopic (exact) mass is 156 g/mol. The maximum absolute atomic E-state index is 11.7. The van der Waals surface area contributed by atoms with Gasteiger partial charge in [0.1, 0.15) is 0 Å². The summed E-state index contributed by atoms with van der Waals surface area (Å²) >= 11 is 0. The predicted octanol–water partition coefficient (Wildman–Crippen LogP) is 3.06. The third-order valence-corrected chi connectivity index (χ3v) is 1.36. The van der Waals surface area contributed by atoms with E-state index in [1.54, 1.807) is 0 Å². The molecule has 1 atom stereocenters. The van der Waals surface area contributed by atoms with Crippen LogP contribution >= 0.6 is 0 Å². The van der Waals surface area contributed by atoms with Gasteiger partial charge in [-0.1, -0.05) is 6.92 Å². The summed E-state index contributed by atoms with van der Waals surface area (Å²) in [6.07, 6.45) is -4.71. The first-order valence-electron chi connectivity index (χ1n) is 2.76. The van der Waals surface area contributed by atoms with Crippen LogP contribution in [0.1, 0.15) is 13.8 Å². The minimum atomic E-state index is -2.71. The smallest absolute Gasteiger partial charge is 0.210 e. The Hall–Kier alpha value is -0.540. The second-order valence-electron chi connectivity index (χ2n) is 2.07. The molecule has 4 heteroatoms. The molecule has 0 aromatic heterocycles. The molecule has 0 saturated carbocycles. The van der Waals surface area contributed by atoms with Crippen LogP contribution in [0.15, 0.2) is 11.7 Å². The molecule has 0 fully saturated rings. The Morgan fingerprint density at radius 3 is 1.70 bits per heavy atom. The van der Waals surface area contributed by atoms with E-state index in [1.165, 1.54) is 0 Å². The van der Waals surface area contributed by atoms with E-state index >= 15 is 0 Å². The average molecular weight is 156 g/mol. The second kappa shape index (κ2) is 3.58. The lowest BCUT2D eigenvalue weighted by atomic mass is 10.1. The van der Waals surface area contributed by atoms with Crippen LogP contribution in [0.25, 0.3) is 0 Å². The largest absolute Gasteiger partial charge is 0.269 e. The lowest BCUT2D eigenvalue weighted by Gasteiger charge is -2.08. The van der Waals surface area contributed by atoms with E-state index in [-0.39, 0.29) is 0 Å². The zero-order chi connectivity index (χ0) is 8.31. The van der Waals surface area contributed by atoms with Crippen LogP contribution in [0.4, 0.5) is 17.6 Å². The van der Waals surface area contributed by atoms with Gasteiger partial charge in [-0.2, -0.15) is 8.78 Å². The van der Waals surface area contributed by atoms with E-state index in [1.807, 2.05) is 0 Å². The zero-order valence-electron chi connectivity index (χ0n) is 5.67. The number of rotatable bonds is 2. The highest BCUT2D eigenvalue weighted by Crippen LogP contribution is 2.22. The summed E-state index contributed by atoms with van der Waals surface area (Å²) in [7, 11) is 0. The summed E-state index contributed by atoms with van der Waals surface area (Å²) < 4.78 is 46.5. The Balaban J connectivity index is 4.22. The van der Waals surface area contributed by atoms with Gasteiger partial charge in [-0.25, -0.2) is 8.78 Å². The van der Waals surface area contributed by atoms with Gasteiger partial charge >= 0.3 is 0 Å². The van der Waals surface area contributed by atoms with Crippen LogP contribution in [0.5, 0.6) is 0 Å². The van der Waals surface area contributed by atoms with Gasteiger partial charge in [-0.3, -0.25) is 0 Å².